The maximum atomic E-state index is 12.3. The van der Waals surface area contributed by atoms with Crippen molar-refractivity contribution in [3.63, 3.8) is 0 Å². The van der Waals surface area contributed by atoms with Crippen LogP contribution in [-0.2, 0) is 9.59 Å². The molecule has 0 unspecified atom stereocenters. The Labute approximate surface area is 153 Å². The Morgan fingerprint density at radius 2 is 2.00 bits per heavy atom. The van der Waals surface area contributed by atoms with Crippen LogP contribution in [0.1, 0.15) is 23.7 Å². The highest BCUT2D eigenvalue weighted by molar-refractivity contribution is 7.98. The molecule has 9 nitrogen and oxygen atoms in total. The quantitative estimate of drug-likeness (QED) is 0.476. The molecule has 1 aromatic rings. The van der Waals surface area contributed by atoms with Gasteiger partial charge in [0.25, 0.3) is 17.5 Å². The van der Waals surface area contributed by atoms with E-state index in [4.69, 9.17) is 11.6 Å². The monoisotopic (exact) mass is 388 g/mol. The van der Waals surface area contributed by atoms with E-state index >= 15 is 0 Å². The Balaban J connectivity index is 2.90. The van der Waals surface area contributed by atoms with Crippen molar-refractivity contribution in [2.75, 3.05) is 12.0 Å². The van der Waals surface area contributed by atoms with Gasteiger partial charge in [0.15, 0.2) is 0 Å². The number of amides is 3. The smallest absolute Gasteiger partial charge is 0.288 e. The summed E-state index contributed by atoms with van der Waals surface area (Å²) >= 11 is 7.19. The molecule has 3 amide bonds. The van der Waals surface area contributed by atoms with Crippen molar-refractivity contribution in [3.05, 3.63) is 38.9 Å². The third-order valence-electron chi connectivity index (χ3n) is 3.00. The Morgan fingerprint density at radius 1 is 1.32 bits per heavy atom. The van der Waals surface area contributed by atoms with Crippen LogP contribution in [0.5, 0.6) is 0 Å². The summed E-state index contributed by atoms with van der Waals surface area (Å²) in [6.07, 6.45) is 2.15. The molecular weight excluding hydrogens is 372 g/mol. The fourth-order valence-electron chi connectivity index (χ4n) is 1.78. The number of nitro groups is 1. The van der Waals surface area contributed by atoms with Crippen LogP contribution in [0.4, 0.5) is 5.69 Å². The van der Waals surface area contributed by atoms with Gasteiger partial charge in [0, 0.05) is 18.6 Å². The summed E-state index contributed by atoms with van der Waals surface area (Å²) in [5.41, 5.74) is 3.93. The SMILES string of the molecule is CSCC[C@@H](NC(=O)c1ccc(Cl)c([N+](=O)[O-])c1)C(=O)NNC(C)=O. The lowest BCUT2D eigenvalue weighted by Crippen LogP contribution is -2.52. The van der Waals surface area contributed by atoms with Crippen LogP contribution in [0.15, 0.2) is 18.2 Å². The van der Waals surface area contributed by atoms with Crippen molar-refractivity contribution in [2.45, 2.75) is 19.4 Å². The minimum Gasteiger partial charge on any atom is -0.340 e. The zero-order chi connectivity index (χ0) is 19.0. The maximum absolute atomic E-state index is 12.3. The highest BCUT2D eigenvalue weighted by atomic mass is 35.5. The molecule has 1 atom stereocenters. The average Bonchev–Trinajstić information content (AvgIpc) is 2.56. The second kappa shape index (κ2) is 9.84. The Bertz CT molecular complexity index is 685. The van der Waals surface area contributed by atoms with Gasteiger partial charge < -0.3 is 5.32 Å². The lowest BCUT2D eigenvalue weighted by molar-refractivity contribution is -0.384. The van der Waals surface area contributed by atoms with Gasteiger partial charge in [-0.3, -0.25) is 35.3 Å². The first-order valence-electron chi connectivity index (χ1n) is 7.06. The first kappa shape index (κ1) is 20.7. The summed E-state index contributed by atoms with van der Waals surface area (Å²) in [5, 5.41) is 13.3. The number of rotatable bonds is 7. The molecule has 0 saturated heterocycles. The lowest BCUT2D eigenvalue weighted by atomic mass is 10.1. The van der Waals surface area contributed by atoms with E-state index in [2.05, 4.69) is 16.2 Å². The summed E-state index contributed by atoms with van der Waals surface area (Å²) in [5.74, 6) is -1.14. The number of thioether (sulfide) groups is 1. The van der Waals surface area contributed by atoms with E-state index in [1.807, 2.05) is 6.26 Å². The van der Waals surface area contributed by atoms with Gasteiger partial charge >= 0.3 is 0 Å². The summed E-state index contributed by atoms with van der Waals surface area (Å²) in [6, 6.07) is 2.68. The average molecular weight is 389 g/mol. The number of hydrazine groups is 1. The van der Waals surface area contributed by atoms with Gasteiger partial charge in [-0.2, -0.15) is 11.8 Å². The van der Waals surface area contributed by atoms with Crippen LogP contribution in [0, 0.1) is 10.1 Å². The van der Waals surface area contributed by atoms with Gasteiger partial charge in [0.1, 0.15) is 11.1 Å². The number of benzene rings is 1. The van der Waals surface area contributed by atoms with Gasteiger partial charge in [0.05, 0.1) is 4.92 Å². The number of hydrogen-bond acceptors (Lipinski definition) is 6. The summed E-state index contributed by atoms with van der Waals surface area (Å²) < 4.78 is 0. The molecule has 0 heterocycles. The van der Waals surface area contributed by atoms with Gasteiger partial charge in [-0.25, -0.2) is 0 Å². The lowest BCUT2D eigenvalue weighted by Gasteiger charge is -2.18. The van der Waals surface area contributed by atoms with Gasteiger partial charge in [0.2, 0.25) is 5.91 Å². The number of nitro benzene ring substituents is 1. The van der Waals surface area contributed by atoms with E-state index in [1.165, 1.54) is 30.8 Å². The number of carbonyl (C=O) groups excluding carboxylic acids is 3. The van der Waals surface area contributed by atoms with Crippen molar-refractivity contribution in [1.29, 1.82) is 0 Å². The summed E-state index contributed by atoms with van der Waals surface area (Å²) in [6.45, 7) is 1.22. The van der Waals surface area contributed by atoms with Crippen molar-refractivity contribution in [3.8, 4) is 0 Å². The fraction of sp³-hybridized carbons (Fsp3) is 0.357. The van der Waals surface area contributed by atoms with Gasteiger partial charge in [-0.05, 0) is 30.6 Å². The number of hydrogen-bond donors (Lipinski definition) is 3. The summed E-state index contributed by atoms with van der Waals surface area (Å²) in [7, 11) is 0. The molecule has 0 fully saturated rings. The molecule has 0 aliphatic rings. The molecule has 3 N–H and O–H groups in total. The van der Waals surface area contributed by atoms with Crippen molar-refractivity contribution in [2.24, 2.45) is 0 Å². The van der Waals surface area contributed by atoms with E-state index < -0.39 is 34.4 Å². The molecular formula is C14H17ClN4O5S. The maximum Gasteiger partial charge on any atom is 0.288 e. The second-order valence-corrected chi connectivity index (χ2v) is 6.29. The molecule has 0 aromatic heterocycles. The Hall–Kier alpha value is -2.33. The van der Waals surface area contributed by atoms with Crippen LogP contribution in [0.25, 0.3) is 0 Å². The standard InChI is InChI=1S/C14H17ClN4O5S/c1-8(20)17-18-14(22)11(5-6-25-2)16-13(21)9-3-4-10(15)12(7-9)19(23)24/h3-4,7,11H,5-6H2,1-2H3,(H,16,21)(H,17,20)(H,18,22)/t11-/m1/s1. The van der Waals surface area contributed by atoms with Crippen molar-refractivity contribution >= 4 is 46.8 Å². The van der Waals surface area contributed by atoms with Gasteiger partial charge in [-0.1, -0.05) is 11.6 Å². The number of carbonyl (C=O) groups is 3. The van der Waals surface area contributed by atoms with Crippen molar-refractivity contribution in [1.82, 2.24) is 16.2 Å². The third-order valence-corrected chi connectivity index (χ3v) is 3.96. The topological polar surface area (TPSA) is 130 Å². The van der Waals surface area contributed by atoms with Crippen molar-refractivity contribution < 1.29 is 19.3 Å². The molecule has 1 rings (SSSR count). The number of halogens is 1. The molecule has 0 radical (unpaired) electrons. The molecule has 0 spiro atoms. The fourth-order valence-corrected chi connectivity index (χ4v) is 2.43. The van der Waals surface area contributed by atoms with E-state index in [9.17, 15) is 24.5 Å². The Kier molecular flexibility index (Phi) is 8.16. The zero-order valence-corrected chi connectivity index (χ0v) is 15.1. The zero-order valence-electron chi connectivity index (χ0n) is 13.5. The van der Waals surface area contributed by atoms with E-state index in [0.29, 0.717) is 12.2 Å². The number of nitrogens with one attached hydrogen (secondary N) is 3. The molecule has 0 saturated carbocycles. The van der Waals surface area contributed by atoms with Crippen LogP contribution in [-0.4, -0.2) is 40.7 Å². The molecule has 11 heteroatoms. The molecule has 0 bridgehead atoms. The largest absolute Gasteiger partial charge is 0.340 e. The summed E-state index contributed by atoms with van der Waals surface area (Å²) in [4.78, 5) is 45.4. The third kappa shape index (κ3) is 6.59. The van der Waals surface area contributed by atoms with E-state index in [-0.39, 0.29) is 10.6 Å². The number of nitrogens with zero attached hydrogens (tertiary/aromatic N) is 1. The van der Waals surface area contributed by atoms with E-state index in [1.54, 1.807) is 0 Å². The highest BCUT2D eigenvalue weighted by Gasteiger charge is 2.23. The Morgan fingerprint density at radius 3 is 2.56 bits per heavy atom. The second-order valence-electron chi connectivity index (χ2n) is 4.90. The van der Waals surface area contributed by atoms with E-state index in [0.717, 1.165) is 6.07 Å². The normalized spacial score (nSPS) is 11.3. The minimum absolute atomic E-state index is 0.00224. The molecule has 0 aliphatic heterocycles. The predicted octanol–water partition coefficient (Wildman–Crippen LogP) is 1.27. The molecule has 25 heavy (non-hydrogen) atoms. The molecule has 0 aliphatic carbocycles. The van der Waals surface area contributed by atoms with Crippen LogP contribution in [0.2, 0.25) is 5.02 Å². The minimum atomic E-state index is -0.915. The van der Waals surface area contributed by atoms with Crippen LogP contribution < -0.4 is 16.2 Å². The van der Waals surface area contributed by atoms with Crippen LogP contribution in [0.3, 0.4) is 0 Å². The first-order chi connectivity index (χ1) is 11.8. The first-order valence-corrected chi connectivity index (χ1v) is 8.83. The van der Waals surface area contributed by atoms with Gasteiger partial charge in [-0.15, -0.1) is 0 Å². The molecule has 136 valence electrons. The van der Waals surface area contributed by atoms with Crippen LogP contribution >= 0.6 is 23.4 Å². The molecule has 1 aromatic carbocycles. The highest BCUT2D eigenvalue weighted by Crippen LogP contribution is 2.25. The predicted molar refractivity (Wildman–Crippen MR) is 94.3 cm³/mol.